The van der Waals surface area contributed by atoms with Crippen molar-refractivity contribution in [3.8, 4) is 0 Å². The minimum atomic E-state index is 0.0157. The number of likely N-dealkylation sites (tertiary alicyclic amines) is 1. The van der Waals surface area contributed by atoms with Crippen molar-refractivity contribution >= 4 is 11.8 Å². The minimum absolute atomic E-state index is 0.0157. The molecule has 0 aliphatic carbocycles. The van der Waals surface area contributed by atoms with Crippen LogP contribution in [0.15, 0.2) is 24.3 Å². The molecule has 2 heterocycles. The van der Waals surface area contributed by atoms with Gasteiger partial charge in [-0.25, -0.2) is 0 Å². The van der Waals surface area contributed by atoms with Gasteiger partial charge in [0.15, 0.2) is 0 Å². The maximum Gasteiger partial charge on any atom is 0.236 e. The van der Waals surface area contributed by atoms with Crippen molar-refractivity contribution in [1.82, 2.24) is 20.0 Å². The summed E-state index contributed by atoms with van der Waals surface area (Å²) in [5.74, 6) is 2.33. The lowest BCUT2D eigenvalue weighted by Gasteiger charge is -2.38. The Bertz CT molecular complexity index is 789. The predicted molar refractivity (Wildman–Crippen MR) is 139 cm³/mol. The zero-order valence-electron chi connectivity index (χ0n) is 22.2. The molecule has 0 spiro atoms. The van der Waals surface area contributed by atoms with E-state index >= 15 is 0 Å². The van der Waals surface area contributed by atoms with E-state index in [1.807, 2.05) is 0 Å². The Morgan fingerprint density at radius 2 is 1.35 bits per heavy atom. The molecule has 0 radical (unpaired) electrons. The summed E-state index contributed by atoms with van der Waals surface area (Å²) >= 11 is 0. The molecule has 34 heavy (non-hydrogen) atoms. The summed E-state index contributed by atoms with van der Waals surface area (Å²) in [4.78, 5) is 32.2. The monoisotopic (exact) mass is 470 g/mol. The van der Waals surface area contributed by atoms with E-state index in [9.17, 15) is 9.59 Å². The molecule has 1 N–H and O–H groups in total. The van der Waals surface area contributed by atoms with Gasteiger partial charge < -0.3 is 10.2 Å². The second-order valence-corrected chi connectivity index (χ2v) is 11.4. The summed E-state index contributed by atoms with van der Waals surface area (Å²) in [6, 6.07) is 8.67. The van der Waals surface area contributed by atoms with E-state index in [0.29, 0.717) is 36.8 Å². The summed E-state index contributed by atoms with van der Waals surface area (Å²) in [6.45, 7) is 19.2. The van der Waals surface area contributed by atoms with Crippen molar-refractivity contribution in [3.63, 3.8) is 0 Å². The Balaban J connectivity index is 1.44. The highest BCUT2D eigenvalue weighted by Gasteiger charge is 2.28. The summed E-state index contributed by atoms with van der Waals surface area (Å²) in [5.41, 5.74) is 2.48. The van der Waals surface area contributed by atoms with E-state index < -0.39 is 0 Å². The molecule has 3 atom stereocenters. The molecule has 2 saturated heterocycles. The topological polar surface area (TPSA) is 55.9 Å². The van der Waals surface area contributed by atoms with Gasteiger partial charge in [0.2, 0.25) is 11.8 Å². The molecule has 190 valence electrons. The van der Waals surface area contributed by atoms with Crippen LogP contribution in [0.3, 0.4) is 0 Å². The number of piperazine rings is 1. The largest absolute Gasteiger partial charge is 0.348 e. The van der Waals surface area contributed by atoms with Crippen LogP contribution in [0.1, 0.15) is 71.0 Å². The first-order valence-corrected chi connectivity index (χ1v) is 13.2. The molecule has 2 fully saturated rings. The van der Waals surface area contributed by atoms with Crippen LogP contribution in [0.5, 0.6) is 0 Å². The van der Waals surface area contributed by atoms with Crippen LogP contribution in [0.25, 0.3) is 0 Å². The maximum atomic E-state index is 12.9. The lowest BCUT2D eigenvalue weighted by atomic mass is 9.92. The second kappa shape index (κ2) is 12.2. The highest BCUT2D eigenvalue weighted by atomic mass is 16.2. The van der Waals surface area contributed by atoms with E-state index in [1.54, 1.807) is 0 Å². The number of hydrogen-bond donors (Lipinski definition) is 1. The van der Waals surface area contributed by atoms with Crippen LogP contribution in [0, 0.1) is 17.8 Å². The molecule has 6 heteroatoms. The number of carbonyl (C=O) groups is 2. The van der Waals surface area contributed by atoms with Crippen molar-refractivity contribution in [3.05, 3.63) is 35.4 Å². The van der Waals surface area contributed by atoms with Crippen LogP contribution in [-0.2, 0) is 9.59 Å². The minimum Gasteiger partial charge on any atom is -0.348 e. The SMILES string of the molecule is CC1CC(C)CN(C(=O)CN2CCN(CC(=O)NC(c3ccc(C(C)C)cc3)C(C)C)CC2)C1. The summed E-state index contributed by atoms with van der Waals surface area (Å²) in [7, 11) is 0. The molecule has 1 aromatic carbocycles. The first-order valence-electron chi connectivity index (χ1n) is 13.2. The third kappa shape index (κ3) is 7.54. The first-order chi connectivity index (χ1) is 16.1. The van der Waals surface area contributed by atoms with Crippen molar-refractivity contribution in [1.29, 1.82) is 0 Å². The lowest BCUT2D eigenvalue weighted by molar-refractivity contribution is -0.136. The summed E-state index contributed by atoms with van der Waals surface area (Å²) in [6.07, 6.45) is 1.21. The number of piperidine rings is 1. The molecule has 1 aromatic rings. The van der Waals surface area contributed by atoms with Gasteiger partial charge in [0.05, 0.1) is 19.1 Å². The lowest BCUT2D eigenvalue weighted by Crippen LogP contribution is -2.53. The summed E-state index contributed by atoms with van der Waals surface area (Å²) in [5, 5.41) is 3.27. The third-order valence-corrected chi connectivity index (χ3v) is 7.36. The number of benzene rings is 1. The summed E-state index contributed by atoms with van der Waals surface area (Å²) < 4.78 is 0. The van der Waals surface area contributed by atoms with Gasteiger partial charge in [0.1, 0.15) is 0 Å². The van der Waals surface area contributed by atoms with Crippen LogP contribution in [0.2, 0.25) is 0 Å². The zero-order valence-corrected chi connectivity index (χ0v) is 22.2. The van der Waals surface area contributed by atoms with E-state index in [4.69, 9.17) is 0 Å². The fourth-order valence-electron chi connectivity index (χ4n) is 5.41. The normalized spacial score (nSPS) is 23.4. The molecule has 3 unspecified atom stereocenters. The van der Waals surface area contributed by atoms with Gasteiger partial charge in [-0.1, -0.05) is 65.8 Å². The van der Waals surface area contributed by atoms with Gasteiger partial charge in [-0.15, -0.1) is 0 Å². The molecular weight excluding hydrogens is 424 g/mol. The Morgan fingerprint density at radius 1 is 0.853 bits per heavy atom. The van der Waals surface area contributed by atoms with E-state index in [0.717, 1.165) is 44.8 Å². The Hall–Kier alpha value is -1.92. The van der Waals surface area contributed by atoms with Crippen LogP contribution in [-0.4, -0.2) is 78.9 Å². The Morgan fingerprint density at radius 3 is 1.85 bits per heavy atom. The van der Waals surface area contributed by atoms with Crippen LogP contribution in [0.4, 0.5) is 0 Å². The molecule has 0 aromatic heterocycles. The van der Waals surface area contributed by atoms with E-state index in [2.05, 4.69) is 85.8 Å². The number of carbonyl (C=O) groups excluding carboxylic acids is 2. The van der Waals surface area contributed by atoms with Crippen LogP contribution < -0.4 is 5.32 Å². The molecule has 2 aliphatic heterocycles. The van der Waals surface area contributed by atoms with Crippen molar-refractivity contribution < 1.29 is 9.59 Å². The van der Waals surface area contributed by atoms with Gasteiger partial charge >= 0.3 is 0 Å². The predicted octanol–water partition coefficient (Wildman–Crippen LogP) is 3.75. The molecule has 0 bridgehead atoms. The van der Waals surface area contributed by atoms with Gasteiger partial charge in [-0.05, 0) is 41.2 Å². The molecule has 6 nitrogen and oxygen atoms in total. The highest BCUT2D eigenvalue weighted by molar-refractivity contribution is 5.79. The highest BCUT2D eigenvalue weighted by Crippen LogP contribution is 2.24. The van der Waals surface area contributed by atoms with Crippen molar-refractivity contribution in [2.75, 3.05) is 52.4 Å². The zero-order chi connectivity index (χ0) is 24.8. The average Bonchev–Trinajstić information content (AvgIpc) is 2.78. The number of nitrogens with zero attached hydrogens (tertiary/aromatic N) is 3. The first kappa shape index (κ1) is 26.7. The number of amides is 2. The standard InChI is InChI=1S/C28H46N4O2/c1-20(2)24-7-9-25(10-8-24)28(21(3)4)29-26(33)18-30-11-13-31(14-12-30)19-27(34)32-16-22(5)15-23(6)17-32/h7-10,20-23,28H,11-19H2,1-6H3,(H,29,33). The Labute approximate surface area is 207 Å². The second-order valence-electron chi connectivity index (χ2n) is 11.4. The number of nitrogens with one attached hydrogen (secondary N) is 1. The number of hydrogen-bond acceptors (Lipinski definition) is 4. The van der Waals surface area contributed by atoms with Crippen LogP contribution >= 0.6 is 0 Å². The third-order valence-electron chi connectivity index (χ3n) is 7.36. The van der Waals surface area contributed by atoms with E-state index in [-0.39, 0.29) is 17.9 Å². The van der Waals surface area contributed by atoms with Gasteiger partial charge in [0.25, 0.3) is 0 Å². The quantitative estimate of drug-likeness (QED) is 0.629. The molecule has 2 aliphatic rings. The van der Waals surface area contributed by atoms with Gasteiger partial charge in [-0.2, -0.15) is 0 Å². The van der Waals surface area contributed by atoms with Gasteiger partial charge in [0, 0.05) is 39.3 Å². The maximum absolute atomic E-state index is 12.9. The van der Waals surface area contributed by atoms with Crippen molar-refractivity contribution in [2.24, 2.45) is 17.8 Å². The van der Waals surface area contributed by atoms with E-state index in [1.165, 1.54) is 12.0 Å². The smallest absolute Gasteiger partial charge is 0.236 e. The fraction of sp³-hybridized carbons (Fsp3) is 0.714. The Kier molecular flexibility index (Phi) is 9.55. The average molecular weight is 471 g/mol. The molecule has 0 saturated carbocycles. The van der Waals surface area contributed by atoms with Gasteiger partial charge in [-0.3, -0.25) is 19.4 Å². The molecule has 2 amide bonds. The molecular formula is C28H46N4O2. The fourth-order valence-corrected chi connectivity index (χ4v) is 5.41. The number of rotatable bonds is 8. The van der Waals surface area contributed by atoms with Crippen molar-refractivity contribution in [2.45, 2.75) is 59.9 Å². The molecule has 3 rings (SSSR count).